The second-order valence-electron chi connectivity index (χ2n) is 4.67. The van der Waals surface area contributed by atoms with Gasteiger partial charge in [-0.1, -0.05) is 0 Å². The van der Waals surface area contributed by atoms with E-state index in [1.807, 2.05) is 36.5 Å². The van der Waals surface area contributed by atoms with E-state index in [0.29, 0.717) is 13.2 Å². The van der Waals surface area contributed by atoms with Crippen LogP contribution in [0.2, 0.25) is 0 Å². The van der Waals surface area contributed by atoms with Crippen molar-refractivity contribution in [2.45, 2.75) is 12.8 Å². The maximum Gasteiger partial charge on any atom is 0.245 e. The van der Waals surface area contributed by atoms with Crippen LogP contribution in [0.5, 0.6) is 5.75 Å². The Morgan fingerprint density at radius 3 is 2.48 bits per heavy atom. The van der Waals surface area contributed by atoms with Crippen LogP contribution in [0.1, 0.15) is 17.5 Å². The van der Waals surface area contributed by atoms with Gasteiger partial charge < -0.3 is 26.6 Å². The molecular weight excluding hydrogens is 290 g/mol. The highest BCUT2D eigenvalue weighted by Crippen LogP contribution is 2.20. The Balaban J connectivity index is 0.00000161. The fraction of sp³-hybridized carbons (Fsp3) is 0.312. The van der Waals surface area contributed by atoms with Crippen molar-refractivity contribution in [1.82, 2.24) is 0 Å². The third kappa shape index (κ3) is 3.73. The van der Waals surface area contributed by atoms with Crippen molar-refractivity contribution in [3.05, 3.63) is 59.9 Å². The number of methoxy groups -OCH3 is 1. The van der Waals surface area contributed by atoms with Crippen LogP contribution in [0, 0.1) is 0 Å². The smallest absolute Gasteiger partial charge is 0.245 e. The number of nitrogens with zero attached hydrogens (tertiary/aromatic N) is 1. The predicted molar refractivity (Wildman–Crippen MR) is 73.4 cm³/mol. The molecule has 1 saturated heterocycles. The lowest BCUT2D eigenvalue weighted by molar-refractivity contribution is -0.701. The summed E-state index contributed by atoms with van der Waals surface area (Å²) in [6, 6.07) is 14.1. The molecule has 2 aromatic rings. The second kappa shape index (κ2) is 7.41. The van der Waals surface area contributed by atoms with Gasteiger partial charge in [0.1, 0.15) is 5.75 Å². The molecular formula is C16H18ClNO3. The Bertz CT molecular complexity index is 568. The number of pyridine rings is 1. The Hall–Kier alpha value is -1.62. The largest absolute Gasteiger partial charge is 1.00 e. The summed E-state index contributed by atoms with van der Waals surface area (Å²) < 4.78 is 18.5. The van der Waals surface area contributed by atoms with Crippen LogP contribution in [-0.4, -0.2) is 20.3 Å². The minimum atomic E-state index is -0.255. The molecule has 1 aromatic heterocycles. The van der Waals surface area contributed by atoms with E-state index in [4.69, 9.17) is 14.2 Å². The molecule has 4 nitrogen and oxygen atoms in total. The van der Waals surface area contributed by atoms with Crippen LogP contribution in [-0.2, 0) is 16.0 Å². The molecule has 0 aliphatic carbocycles. The van der Waals surface area contributed by atoms with Gasteiger partial charge in [0.05, 0.1) is 20.3 Å². The van der Waals surface area contributed by atoms with E-state index in [1.165, 1.54) is 5.56 Å². The maximum absolute atomic E-state index is 5.59. The van der Waals surface area contributed by atoms with Crippen LogP contribution < -0.4 is 21.7 Å². The van der Waals surface area contributed by atoms with E-state index in [-0.39, 0.29) is 18.7 Å². The normalized spacial score (nSPS) is 14.7. The van der Waals surface area contributed by atoms with Gasteiger partial charge in [-0.25, -0.2) is 0 Å². The number of hydrogen-bond donors (Lipinski definition) is 0. The lowest BCUT2D eigenvalue weighted by Crippen LogP contribution is -3.00. The first-order valence-corrected chi connectivity index (χ1v) is 6.71. The van der Waals surface area contributed by atoms with Gasteiger partial charge >= 0.3 is 0 Å². The summed E-state index contributed by atoms with van der Waals surface area (Å²) in [5.41, 5.74) is 2.25. The third-order valence-corrected chi connectivity index (χ3v) is 3.35. The van der Waals surface area contributed by atoms with Gasteiger partial charge in [0.25, 0.3) is 0 Å². The summed E-state index contributed by atoms with van der Waals surface area (Å²) in [5, 5.41) is 0. The highest BCUT2D eigenvalue weighted by Gasteiger charge is 2.26. The van der Waals surface area contributed by atoms with Gasteiger partial charge in [-0.2, -0.15) is 4.57 Å². The topological polar surface area (TPSA) is 31.6 Å². The van der Waals surface area contributed by atoms with E-state index >= 15 is 0 Å². The van der Waals surface area contributed by atoms with E-state index in [2.05, 4.69) is 16.7 Å². The molecule has 0 radical (unpaired) electrons. The van der Waals surface area contributed by atoms with Crippen LogP contribution in [0.3, 0.4) is 0 Å². The van der Waals surface area contributed by atoms with Crippen LogP contribution in [0.15, 0.2) is 48.7 Å². The Labute approximate surface area is 130 Å². The molecule has 0 atom stereocenters. The zero-order chi connectivity index (χ0) is 13.8. The number of aromatic nitrogens is 1. The Morgan fingerprint density at radius 2 is 1.81 bits per heavy atom. The average molecular weight is 308 g/mol. The second-order valence-corrected chi connectivity index (χ2v) is 4.67. The molecule has 3 rings (SSSR count). The monoisotopic (exact) mass is 307 g/mol. The molecule has 0 spiro atoms. The average Bonchev–Trinajstić information content (AvgIpc) is 3.03. The molecule has 5 heteroatoms. The van der Waals surface area contributed by atoms with E-state index in [0.717, 1.165) is 18.0 Å². The molecule has 21 heavy (non-hydrogen) atoms. The number of ether oxygens (including phenoxy) is 3. The molecule has 1 aromatic carbocycles. The Kier molecular flexibility index (Phi) is 5.56. The molecule has 0 bridgehead atoms. The first-order valence-electron chi connectivity index (χ1n) is 6.71. The lowest BCUT2D eigenvalue weighted by atomic mass is 10.2. The minimum absolute atomic E-state index is 0. The van der Waals surface area contributed by atoms with Gasteiger partial charge in [-0.15, -0.1) is 0 Å². The molecule has 0 N–H and O–H groups in total. The maximum atomic E-state index is 5.59. The lowest BCUT2D eigenvalue weighted by Gasteiger charge is -2.09. The highest BCUT2D eigenvalue weighted by atomic mass is 35.5. The summed E-state index contributed by atoms with van der Waals surface area (Å²) in [5.74, 6) is 0.870. The molecule has 0 amide bonds. The molecule has 2 heterocycles. The van der Waals surface area contributed by atoms with Crippen LogP contribution >= 0.6 is 0 Å². The number of hydrogen-bond acceptors (Lipinski definition) is 3. The summed E-state index contributed by atoms with van der Waals surface area (Å²) in [4.78, 5) is 0. The number of rotatable bonds is 4. The van der Waals surface area contributed by atoms with Crippen LogP contribution in [0.4, 0.5) is 0 Å². The van der Waals surface area contributed by atoms with Crippen LogP contribution in [0.25, 0.3) is 0 Å². The summed E-state index contributed by atoms with van der Waals surface area (Å²) in [7, 11) is 1.67. The summed E-state index contributed by atoms with van der Waals surface area (Å²) >= 11 is 0. The molecule has 112 valence electrons. The summed E-state index contributed by atoms with van der Waals surface area (Å²) in [6.45, 7) is 2.09. The van der Waals surface area contributed by atoms with Gasteiger partial charge in [0.2, 0.25) is 12.0 Å². The van der Waals surface area contributed by atoms with Gasteiger partial charge in [0, 0.05) is 17.7 Å². The van der Waals surface area contributed by atoms with Crippen molar-refractivity contribution in [3.8, 4) is 5.75 Å². The number of benzene rings is 1. The van der Waals surface area contributed by atoms with Crippen molar-refractivity contribution in [3.63, 3.8) is 0 Å². The molecule has 0 saturated carbocycles. The van der Waals surface area contributed by atoms with Crippen molar-refractivity contribution in [2.24, 2.45) is 0 Å². The zero-order valence-electron chi connectivity index (χ0n) is 11.9. The summed E-state index contributed by atoms with van der Waals surface area (Å²) in [6.07, 6.45) is 1.79. The van der Waals surface area contributed by atoms with Gasteiger partial charge in [-0.3, -0.25) is 0 Å². The molecule has 1 aliphatic rings. The first kappa shape index (κ1) is 15.8. The van der Waals surface area contributed by atoms with Gasteiger partial charge in [-0.05, 0) is 30.3 Å². The molecule has 1 aliphatic heterocycles. The fourth-order valence-corrected chi connectivity index (χ4v) is 2.30. The minimum Gasteiger partial charge on any atom is -1.00 e. The quantitative estimate of drug-likeness (QED) is 0.685. The van der Waals surface area contributed by atoms with E-state index < -0.39 is 0 Å². The predicted octanol–water partition coefficient (Wildman–Crippen LogP) is -0.920. The zero-order valence-corrected chi connectivity index (χ0v) is 12.6. The SMILES string of the molecule is COc1ccc(C[n+]2ccccc2C2OCCO2)cc1.[Cl-]. The van der Waals surface area contributed by atoms with E-state index in [1.54, 1.807) is 7.11 Å². The third-order valence-electron chi connectivity index (χ3n) is 3.35. The molecule has 0 unspecified atom stereocenters. The first-order chi connectivity index (χ1) is 9.86. The van der Waals surface area contributed by atoms with Crippen molar-refractivity contribution >= 4 is 0 Å². The van der Waals surface area contributed by atoms with Crippen molar-refractivity contribution in [2.75, 3.05) is 20.3 Å². The fourth-order valence-electron chi connectivity index (χ4n) is 2.30. The van der Waals surface area contributed by atoms with Crippen molar-refractivity contribution in [1.29, 1.82) is 0 Å². The van der Waals surface area contributed by atoms with Crippen molar-refractivity contribution < 1.29 is 31.2 Å². The molecule has 1 fully saturated rings. The van der Waals surface area contributed by atoms with E-state index in [9.17, 15) is 0 Å². The Morgan fingerprint density at radius 1 is 1.10 bits per heavy atom. The standard InChI is InChI=1S/C16H18NO3.ClH/c1-18-14-7-5-13(6-8-14)12-17-9-3-2-4-15(17)16-19-10-11-20-16;/h2-9,16H,10-12H2,1H3;1H/q+1;/p-1. The number of halogens is 1. The highest BCUT2D eigenvalue weighted by molar-refractivity contribution is 5.26. The van der Waals surface area contributed by atoms with Gasteiger partial charge in [0.15, 0.2) is 12.7 Å².